The number of carbonyl (C=O) groups is 5. The first-order valence-electron chi connectivity index (χ1n) is 10.5. The fourth-order valence-corrected chi connectivity index (χ4v) is 4.79. The molecule has 2 amide bonds. The topological polar surface area (TPSA) is 140 Å². The van der Waals surface area contributed by atoms with Gasteiger partial charge in [0.1, 0.15) is 11.4 Å². The van der Waals surface area contributed by atoms with Crippen molar-refractivity contribution in [3.8, 4) is 5.75 Å². The first-order chi connectivity index (χ1) is 16.2. The van der Waals surface area contributed by atoms with Crippen molar-refractivity contribution in [1.29, 1.82) is 0 Å². The molecule has 1 aromatic heterocycles. The van der Waals surface area contributed by atoms with Gasteiger partial charge in [0.25, 0.3) is 0 Å². The summed E-state index contributed by atoms with van der Waals surface area (Å²) in [6.07, 6.45) is 0. The average Bonchev–Trinajstić information content (AvgIpc) is 3.49. The van der Waals surface area contributed by atoms with Crippen LogP contribution in [0, 0.1) is 0 Å². The number of nitrogens with zero attached hydrogens (tertiary/aromatic N) is 3. The number of anilines is 2. The smallest absolute Gasteiger partial charge is 0.224 e. The van der Waals surface area contributed by atoms with Crippen molar-refractivity contribution in [3.05, 3.63) is 46.6 Å². The van der Waals surface area contributed by atoms with Gasteiger partial charge >= 0.3 is 0 Å². The van der Waals surface area contributed by atoms with Gasteiger partial charge in [-0.05, 0) is 24.3 Å². The maximum atomic E-state index is 13.2. The molecule has 0 fully saturated rings. The number of aromatic nitrogens is 1. The Hall–Kier alpha value is -4.60. The van der Waals surface area contributed by atoms with Gasteiger partial charge in [0.15, 0.2) is 17.3 Å². The fraction of sp³-hybridized carbons (Fsp3) is 0.167. The molecular weight excluding hydrogens is 440 g/mol. The van der Waals surface area contributed by atoms with E-state index in [4.69, 9.17) is 0 Å². The lowest BCUT2D eigenvalue weighted by Crippen LogP contribution is -2.27. The Labute approximate surface area is 191 Å². The molecule has 0 aliphatic carbocycles. The first-order valence-corrected chi connectivity index (χ1v) is 10.5. The molecule has 0 saturated carbocycles. The summed E-state index contributed by atoms with van der Waals surface area (Å²) in [5, 5.41) is 11.3. The maximum Gasteiger partial charge on any atom is 0.224 e. The molecule has 0 radical (unpaired) electrons. The molecule has 0 bridgehead atoms. The second-order valence-electron chi connectivity index (χ2n) is 8.50. The van der Waals surface area contributed by atoms with E-state index in [0.29, 0.717) is 33.4 Å². The zero-order valence-corrected chi connectivity index (χ0v) is 18.1. The highest BCUT2D eigenvalue weighted by molar-refractivity contribution is 6.55. The van der Waals surface area contributed by atoms with Gasteiger partial charge < -0.3 is 19.9 Å². The van der Waals surface area contributed by atoms with Gasteiger partial charge in [-0.15, -0.1) is 0 Å². The van der Waals surface area contributed by atoms with E-state index in [-0.39, 0.29) is 64.9 Å². The van der Waals surface area contributed by atoms with Gasteiger partial charge in [-0.1, -0.05) is 0 Å². The molecule has 0 saturated heterocycles. The number of aromatic hydroxyl groups is 1. The molecule has 6 rings (SSSR count). The zero-order chi connectivity index (χ0) is 24.0. The van der Waals surface area contributed by atoms with Crippen molar-refractivity contribution < 1.29 is 29.1 Å². The summed E-state index contributed by atoms with van der Waals surface area (Å²) in [6, 6.07) is 6.05. The molecule has 168 valence electrons. The molecule has 0 unspecified atom stereocenters. The monoisotopic (exact) mass is 456 g/mol. The summed E-state index contributed by atoms with van der Waals surface area (Å²) in [5.41, 5.74) is 2.33. The Bertz CT molecular complexity index is 1590. The molecule has 3 aliphatic rings. The molecule has 0 atom stereocenters. The number of amides is 2. The lowest BCUT2D eigenvalue weighted by molar-refractivity contribution is -0.117. The predicted molar refractivity (Wildman–Crippen MR) is 122 cm³/mol. The number of aromatic amines is 1. The van der Waals surface area contributed by atoms with Crippen molar-refractivity contribution >= 4 is 62.8 Å². The zero-order valence-electron chi connectivity index (χ0n) is 18.1. The third-order valence-corrected chi connectivity index (χ3v) is 6.48. The van der Waals surface area contributed by atoms with Crippen molar-refractivity contribution in [2.75, 3.05) is 22.9 Å². The molecule has 4 heterocycles. The Balaban J connectivity index is 1.47. The highest BCUT2D eigenvalue weighted by atomic mass is 16.3. The van der Waals surface area contributed by atoms with Crippen LogP contribution in [0.2, 0.25) is 0 Å². The number of ketones is 3. The molecule has 34 heavy (non-hydrogen) atoms. The van der Waals surface area contributed by atoms with Crippen LogP contribution in [0.4, 0.5) is 17.1 Å². The summed E-state index contributed by atoms with van der Waals surface area (Å²) < 4.78 is 0. The number of fused-ring (bicyclic) bond motifs is 4. The minimum absolute atomic E-state index is 0.0518. The SMILES string of the molecule is CC(=O)N1CC(=O)c2cc3c(cc21)C(=O)C(c1[nH]c2cc4c(cc2c1O)N(C(C)=O)CC4=O)=N3. The number of hydrogen-bond acceptors (Lipinski definition) is 7. The quantitative estimate of drug-likeness (QED) is 0.576. The van der Waals surface area contributed by atoms with Crippen LogP contribution in [-0.2, 0) is 9.59 Å². The van der Waals surface area contributed by atoms with Crippen LogP contribution in [0.15, 0.2) is 29.3 Å². The molecule has 10 heteroatoms. The number of aliphatic imine (C=N–C) groups is 1. The van der Waals surface area contributed by atoms with Crippen LogP contribution in [-0.4, -0.2) is 58.1 Å². The van der Waals surface area contributed by atoms with Crippen LogP contribution >= 0.6 is 0 Å². The first kappa shape index (κ1) is 20.0. The second kappa shape index (κ2) is 6.47. The van der Waals surface area contributed by atoms with Crippen LogP contribution in [0.5, 0.6) is 5.75 Å². The Morgan fingerprint density at radius 2 is 1.47 bits per heavy atom. The highest BCUT2D eigenvalue weighted by Gasteiger charge is 2.37. The number of Topliss-reactive ketones (excluding diaryl/α,β-unsaturated/α-hetero) is 3. The van der Waals surface area contributed by atoms with E-state index in [1.54, 1.807) is 6.07 Å². The fourth-order valence-electron chi connectivity index (χ4n) is 4.79. The Kier molecular flexibility index (Phi) is 3.81. The molecule has 10 nitrogen and oxygen atoms in total. The van der Waals surface area contributed by atoms with E-state index >= 15 is 0 Å². The third-order valence-electron chi connectivity index (χ3n) is 6.48. The third kappa shape index (κ3) is 2.50. The Morgan fingerprint density at radius 1 is 0.882 bits per heavy atom. The molecule has 3 aliphatic heterocycles. The number of hydrogen-bond donors (Lipinski definition) is 2. The highest BCUT2D eigenvalue weighted by Crippen LogP contribution is 2.42. The summed E-state index contributed by atoms with van der Waals surface area (Å²) in [4.78, 5) is 71.8. The van der Waals surface area contributed by atoms with Crippen molar-refractivity contribution in [3.63, 3.8) is 0 Å². The number of nitrogens with one attached hydrogen (secondary N) is 1. The molecule has 2 N–H and O–H groups in total. The molecule has 2 aromatic carbocycles. The molecule has 0 spiro atoms. The van der Waals surface area contributed by atoms with Crippen LogP contribution in [0.1, 0.15) is 50.6 Å². The summed E-state index contributed by atoms with van der Waals surface area (Å²) in [5.74, 6) is -1.79. The number of carbonyl (C=O) groups excluding carboxylic acids is 5. The van der Waals surface area contributed by atoms with Crippen molar-refractivity contribution in [2.45, 2.75) is 13.8 Å². The van der Waals surface area contributed by atoms with Crippen molar-refractivity contribution in [1.82, 2.24) is 4.98 Å². The van der Waals surface area contributed by atoms with Gasteiger partial charge in [-0.3, -0.25) is 24.0 Å². The van der Waals surface area contributed by atoms with Gasteiger partial charge in [0, 0.05) is 30.4 Å². The van der Waals surface area contributed by atoms with Crippen molar-refractivity contribution in [2.24, 2.45) is 4.99 Å². The normalized spacial score (nSPS) is 16.3. The number of H-pyrrole nitrogens is 1. The van der Waals surface area contributed by atoms with Crippen LogP contribution in [0.25, 0.3) is 10.9 Å². The largest absolute Gasteiger partial charge is 0.505 e. The van der Waals surface area contributed by atoms with E-state index < -0.39 is 5.78 Å². The van der Waals surface area contributed by atoms with E-state index in [9.17, 15) is 29.1 Å². The van der Waals surface area contributed by atoms with Gasteiger partial charge in [-0.25, -0.2) is 4.99 Å². The molecular formula is C24H16N4O6. The van der Waals surface area contributed by atoms with Gasteiger partial charge in [-0.2, -0.15) is 0 Å². The van der Waals surface area contributed by atoms with Crippen LogP contribution < -0.4 is 9.80 Å². The minimum Gasteiger partial charge on any atom is -0.505 e. The van der Waals surface area contributed by atoms with E-state index in [0.717, 1.165) is 0 Å². The van der Waals surface area contributed by atoms with E-state index in [2.05, 4.69) is 9.98 Å². The van der Waals surface area contributed by atoms with E-state index in [1.807, 2.05) is 0 Å². The summed E-state index contributed by atoms with van der Waals surface area (Å²) in [6.45, 7) is 2.55. The second-order valence-corrected chi connectivity index (χ2v) is 8.50. The van der Waals surface area contributed by atoms with Gasteiger partial charge in [0.05, 0.1) is 41.2 Å². The Morgan fingerprint density at radius 3 is 2.09 bits per heavy atom. The average molecular weight is 456 g/mol. The van der Waals surface area contributed by atoms with E-state index in [1.165, 1.54) is 41.8 Å². The van der Waals surface area contributed by atoms with Gasteiger partial charge in [0.2, 0.25) is 17.6 Å². The number of rotatable bonds is 1. The summed E-state index contributed by atoms with van der Waals surface area (Å²) >= 11 is 0. The predicted octanol–water partition coefficient (Wildman–Crippen LogP) is 2.29. The van der Waals surface area contributed by atoms with Crippen LogP contribution in [0.3, 0.4) is 0 Å². The maximum absolute atomic E-state index is 13.2. The standard InChI is InChI=1S/C24H16N4O6/c1-9(29)27-7-19(31)13-3-15-11(5-17(13)27)23(33)21(25-15)22-24(34)12-6-18-14(4-16(12)26-22)20(32)8-28(18)10(2)30/h3-6,25,33H,7-8H2,1-2H3. The lowest BCUT2D eigenvalue weighted by atomic mass is 10.0. The lowest BCUT2D eigenvalue weighted by Gasteiger charge is -2.13. The minimum atomic E-state index is -0.475. The summed E-state index contributed by atoms with van der Waals surface area (Å²) in [7, 11) is 0. The molecule has 3 aromatic rings. The number of benzene rings is 2.